The van der Waals surface area contributed by atoms with Gasteiger partial charge in [-0.25, -0.2) is 4.79 Å². The van der Waals surface area contributed by atoms with Crippen molar-refractivity contribution in [1.29, 1.82) is 0 Å². The number of aliphatic hydroxyl groups is 1. The van der Waals surface area contributed by atoms with Gasteiger partial charge in [-0.1, -0.05) is 12.8 Å². The first-order valence-electron chi connectivity index (χ1n) is 7.50. The number of rotatable bonds is 4. The van der Waals surface area contributed by atoms with E-state index in [4.69, 9.17) is 5.11 Å². The van der Waals surface area contributed by atoms with E-state index in [0.717, 1.165) is 38.5 Å². The fourth-order valence-electron chi connectivity index (χ4n) is 3.28. The second kappa shape index (κ2) is 6.92. The number of carboxylic acids is 1. The summed E-state index contributed by atoms with van der Waals surface area (Å²) in [7, 11) is 0. The summed E-state index contributed by atoms with van der Waals surface area (Å²) in [6.07, 6.45) is 5.73. The topological polar surface area (TPSA) is 81.1 Å². The molecule has 2 aliphatic rings. The number of piperidine rings is 1. The molecule has 1 saturated carbocycles. The van der Waals surface area contributed by atoms with Crippen molar-refractivity contribution in [3.63, 3.8) is 0 Å². The first-order valence-corrected chi connectivity index (χ1v) is 7.50. The highest BCUT2D eigenvalue weighted by molar-refractivity contribution is 5.80. The number of carboxylic acid groups (broad SMARTS) is 1. The van der Waals surface area contributed by atoms with Crippen LogP contribution >= 0.6 is 0 Å². The van der Waals surface area contributed by atoms with Crippen LogP contribution in [0.2, 0.25) is 0 Å². The maximum atomic E-state index is 12.6. The van der Waals surface area contributed by atoms with E-state index in [-0.39, 0.29) is 31.1 Å². The average molecular weight is 284 g/mol. The molecule has 0 radical (unpaired) electrons. The van der Waals surface area contributed by atoms with Gasteiger partial charge in [0, 0.05) is 25.7 Å². The quantitative estimate of drug-likeness (QED) is 0.811. The number of hydrogen-bond acceptors (Lipinski definition) is 3. The number of urea groups is 1. The Morgan fingerprint density at radius 1 is 1.15 bits per heavy atom. The first kappa shape index (κ1) is 15.1. The second-order valence-corrected chi connectivity index (χ2v) is 5.88. The van der Waals surface area contributed by atoms with Crippen LogP contribution in [0.4, 0.5) is 4.79 Å². The zero-order valence-corrected chi connectivity index (χ0v) is 11.8. The lowest BCUT2D eigenvalue weighted by molar-refractivity contribution is -0.138. The number of aliphatic hydroxyl groups excluding tert-OH is 1. The number of carbonyl (C=O) groups is 2. The summed E-state index contributed by atoms with van der Waals surface area (Å²) in [5.41, 5.74) is 0. The highest BCUT2D eigenvalue weighted by Gasteiger charge is 2.33. The van der Waals surface area contributed by atoms with Gasteiger partial charge >= 0.3 is 12.0 Å². The molecule has 0 aromatic heterocycles. The van der Waals surface area contributed by atoms with E-state index in [0.29, 0.717) is 13.1 Å². The highest BCUT2D eigenvalue weighted by Crippen LogP contribution is 2.25. The maximum absolute atomic E-state index is 12.6. The van der Waals surface area contributed by atoms with Gasteiger partial charge in [-0.05, 0) is 31.6 Å². The minimum Gasteiger partial charge on any atom is -0.480 e. The molecular formula is C14H24N2O4. The van der Waals surface area contributed by atoms with Crippen molar-refractivity contribution < 1.29 is 19.8 Å². The lowest BCUT2D eigenvalue weighted by Gasteiger charge is -2.37. The van der Waals surface area contributed by atoms with Gasteiger partial charge in [-0.15, -0.1) is 0 Å². The van der Waals surface area contributed by atoms with E-state index < -0.39 is 5.97 Å². The van der Waals surface area contributed by atoms with Gasteiger partial charge in [0.2, 0.25) is 0 Å². The van der Waals surface area contributed by atoms with Crippen LogP contribution in [0, 0.1) is 5.92 Å². The molecule has 1 saturated heterocycles. The van der Waals surface area contributed by atoms with Gasteiger partial charge in [0.25, 0.3) is 0 Å². The molecule has 0 aromatic rings. The van der Waals surface area contributed by atoms with Gasteiger partial charge in [0.1, 0.15) is 6.54 Å². The Bertz CT molecular complexity index is 355. The molecule has 2 amide bonds. The third kappa shape index (κ3) is 3.62. The summed E-state index contributed by atoms with van der Waals surface area (Å²) < 4.78 is 0. The molecule has 1 atom stereocenters. The molecular weight excluding hydrogens is 260 g/mol. The van der Waals surface area contributed by atoms with Crippen LogP contribution in [-0.2, 0) is 4.79 Å². The smallest absolute Gasteiger partial charge is 0.323 e. The van der Waals surface area contributed by atoms with Crippen LogP contribution in [0.1, 0.15) is 38.5 Å². The van der Waals surface area contributed by atoms with Gasteiger partial charge in [0.05, 0.1) is 0 Å². The SMILES string of the molecule is O=C(O)CN(C(=O)N1CCCC(CO)C1)C1CCCC1. The van der Waals surface area contributed by atoms with Crippen molar-refractivity contribution >= 4 is 12.0 Å². The molecule has 0 spiro atoms. The summed E-state index contributed by atoms with van der Waals surface area (Å²) in [5.74, 6) is -0.830. The fraction of sp³-hybridized carbons (Fsp3) is 0.857. The summed E-state index contributed by atoms with van der Waals surface area (Å²) in [5, 5.41) is 18.3. The number of carbonyl (C=O) groups excluding carboxylic acids is 1. The number of likely N-dealkylation sites (tertiary alicyclic amines) is 1. The van der Waals surface area contributed by atoms with E-state index in [9.17, 15) is 14.7 Å². The van der Waals surface area contributed by atoms with Crippen molar-refractivity contribution in [2.24, 2.45) is 5.92 Å². The molecule has 1 unspecified atom stereocenters. The minimum absolute atomic E-state index is 0.0631. The highest BCUT2D eigenvalue weighted by atomic mass is 16.4. The van der Waals surface area contributed by atoms with Gasteiger partial charge in [0.15, 0.2) is 0 Å². The number of nitrogens with zero attached hydrogens (tertiary/aromatic N) is 2. The van der Waals surface area contributed by atoms with Crippen molar-refractivity contribution in [3.8, 4) is 0 Å². The van der Waals surface area contributed by atoms with Crippen LogP contribution in [-0.4, -0.2) is 64.3 Å². The molecule has 114 valence electrons. The van der Waals surface area contributed by atoms with E-state index in [1.54, 1.807) is 4.90 Å². The fourth-order valence-corrected chi connectivity index (χ4v) is 3.28. The maximum Gasteiger partial charge on any atom is 0.323 e. The Labute approximate surface area is 119 Å². The Kier molecular flexibility index (Phi) is 5.23. The normalized spacial score (nSPS) is 23.9. The summed E-state index contributed by atoms with van der Waals surface area (Å²) >= 11 is 0. The molecule has 2 fully saturated rings. The molecule has 2 N–H and O–H groups in total. The summed E-state index contributed by atoms with van der Waals surface area (Å²) in [4.78, 5) is 26.8. The van der Waals surface area contributed by atoms with E-state index >= 15 is 0 Å². The minimum atomic E-state index is -0.957. The van der Waals surface area contributed by atoms with E-state index in [1.807, 2.05) is 0 Å². The Hall–Kier alpha value is -1.30. The third-order valence-electron chi connectivity index (χ3n) is 4.36. The Balaban J connectivity index is 2.02. The third-order valence-corrected chi connectivity index (χ3v) is 4.36. The molecule has 20 heavy (non-hydrogen) atoms. The summed E-state index contributed by atoms with van der Waals surface area (Å²) in [6, 6.07) is -0.106. The molecule has 0 aromatic carbocycles. The van der Waals surface area contributed by atoms with Crippen LogP contribution < -0.4 is 0 Å². The molecule has 1 aliphatic heterocycles. The van der Waals surface area contributed by atoms with Gasteiger partial charge < -0.3 is 20.0 Å². The molecule has 1 aliphatic carbocycles. The number of amides is 2. The summed E-state index contributed by atoms with van der Waals surface area (Å²) in [6.45, 7) is 1.08. The average Bonchev–Trinajstić information content (AvgIpc) is 2.98. The first-order chi connectivity index (χ1) is 9.61. The second-order valence-electron chi connectivity index (χ2n) is 5.88. The Morgan fingerprint density at radius 3 is 2.45 bits per heavy atom. The monoisotopic (exact) mass is 284 g/mol. The standard InChI is InChI=1S/C14H24N2O4/c17-10-11-4-3-7-15(8-11)14(20)16(9-13(18)19)12-5-1-2-6-12/h11-12,17H,1-10H2,(H,18,19). The zero-order chi connectivity index (χ0) is 14.5. The molecule has 6 heteroatoms. The molecule has 2 rings (SSSR count). The van der Waals surface area contributed by atoms with Crippen molar-refractivity contribution in [1.82, 2.24) is 9.80 Å². The largest absolute Gasteiger partial charge is 0.480 e. The number of hydrogen-bond donors (Lipinski definition) is 2. The Morgan fingerprint density at radius 2 is 1.85 bits per heavy atom. The molecule has 6 nitrogen and oxygen atoms in total. The predicted octanol–water partition coefficient (Wildman–Crippen LogP) is 1.14. The van der Waals surface area contributed by atoms with Crippen LogP contribution in [0.3, 0.4) is 0 Å². The van der Waals surface area contributed by atoms with Crippen molar-refractivity contribution in [2.75, 3.05) is 26.2 Å². The van der Waals surface area contributed by atoms with E-state index in [1.165, 1.54) is 4.90 Å². The van der Waals surface area contributed by atoms with Crippen LogP contribution in [0.25, 0.3) is 0 Å². The predicted molar refractivity (Wildman–Crippen MR) is 73.4 cm³/mol. The lowest BCUT2D eigenvalue weighted by atomic mass is 9.99. The molecule has 1 heterocycles. The number of aliphatic carboxylic acids is 1. The van der Waals surface area contributed by atoms with Crippen molar-refractivity contribution in [2.45, 2.75) is 44.6 Å². The van der Waals surface area contributed by atoms with E-state index in [2.05, 4.69) is 0 Å². The molecule has 0 bridgehead atoms. The van der Waals surface area contributed by atoms with Crippen LogP contribution in [0.5, 0.6) is 0 Å². The zero-order valence-electron chi connectivity index (χ0n) is 11.8. The van der Waals surface area contributed by atoms with Gasteiger partial charge in [-0.3, -0.25) is 4.79 Å². The van der Waals surface area contributed by atoms with Gasteiger partial charge in [-0.2, -0.15) is 0 Å². The van der Waals surface area contributed by atoms with Crippen LogP contribution in [0.15, 0.2) is 0 Å². The van der Waals surface area contributed by atoms with Crippen molar-refractivity contribution in [3.05, 3.63) is 0 Å². The lowest BCUT2D eigenvalue weighted by Crippen LogP contribution is -2.52.